The Morgan fingerprint density at radius 1 is 1.12 bits per heavy atom. The van der Waals surface area contributed by atoms with E-state index in [4.69, 9.17) is 4.74 Å². The molecule has 5 N–H and O–H groups in total. The number of nitrogens with one attached hydrogen (secondary N) is 3. The van der Waals surface area contributed by atoms with Gasteiger partial charge in [0.1, 0.15) is 5.75 Å². The molecule has 1 atom stereocenters. The number of ether oxygens (including phenoxy) is 1. The fraction of sp³-hybridized carbons (Fsp3) is 0.273. The molecule has 2 aromatic rings. The molecule has 0 saturated heterocycles. The number of rotatable bonds is 16. The highest BCUT2D eigenvalue weighted by Gasteiger charge is 2.10. The molecule has 214 valence electrons. The predicted octanol–water partition coefficient (Wildman–Crippen LogP) is 6.54. The standard InChI is InChI=1S/C21H27N3O3.C12H16O/c1-3-15(2)24-18-7-4-16(5-8-18)10-11-22-13-21(27)17-6-9-20(26)19(12-17)23-14-25;1-4-6-7-8-9-10-11-12(3)13-5-2/h4-9,12,14,21-22,24,26-27H,2-3,10-11,13H2,1H3,(H,23,25);4,6,8-11H,1,5H2,2-3H3/b;10-9+,12-11-. The van der Waals surface area contributed by atoms with E-state index in [0.717, 1.165) is 36.5 Å². The summed E-state index contributed by atoms with van der Waals surface area (Å²) in [5, 5.41) is 28.8. The molecule has 40 heavy (non-hydrogen) atoms. The van der Waals surface area contributed by atoms with Crippen LogP contribution in [0.25, 0.3) is 0 Å². The average molecular weight is 546 g/mol. The number of aliphatic hydroxyl groups excluding tert-OH is 1. The zero-order chi connectivity index (χ0) is 29.6. The van der Waals surface area contributed by atoms with Crippen molar-refractivity contribution < 1.29 is 19.7 Å². The molecule has 7 heteroatoms. The fourth-order valence-electron chi connectivity index (χ4n) is 3.28. The Morgan fingerprint density at radius 3 is 2.52 bits per heavy atom. The summed E-state index contributed by atoms with van der Waals surface area (Å²) in [6, 6.07) is 12.8. The van der Waals surface area contributed by atoms with Gasteiger partial charge in [-0.1, -0.05) is 56.5 Å². The second-order valence-electron chi connectivity index (χ2n) is 8.62. The first-order valence-electron chi connectivity index (χ1n) is 13.3. The third kappa shape index (κ3) is 14.6. The van der Waals surface area contributed by atoms with E-state index >= 15 is 0 Å². The Morgan fingerprint density at radius 2 is 1.88 bits per heavy atom. The van der Waals surface area contributed by atoms with Crippen molar-refractivity contribution in [3.63, 3.8) is 0 Å². The van der Waals surface area contributed by atoms with Gasteiger partial charge in [-0.05, 0) is 86.9 Å². The molecule has 1 unspecified atom stereocenters. The molecular formula is C33H43N3O4. The van der Waals surface area contributed by atoms with Crippen LogP contribution in [-0.2, 0) is 16.0 Å². The first kappa shape index (κ1) is 33.7. The third-order valence-electron chi connectivity index (χ3n) is 5.47. The summed E-state index contributed by atoms with van der Waals surface area (Å²) in [6.07, 6.45) is 12.5. The van der Waals surface area contributed by atoms with Crippen molar-refractivity contribution in [2.24, 2.45) is 0 Å². The molecule has 0 heterocycles. The number of amides is 1. The van der Waals surface area contributed by atoms with Crippen LogP contribution in [0.4, 0.5) is 11.4 Å². The quantitative estimate of drug-likeness (QED) is 0.0410. The maximum absolute atomic E-state index is 10.5. The summed E-state index contributed by atoms with van der Waals surface area (Å²) in [6.45, 7) is 15.2. The number of aliphatic hydroxyl groups is 1. The van der Waals surface area contributed by atoms with Gasteiger partial charge < -0.3 is 30.9 Å². The number of phenolic OH excluding ortho intramolecular Hbond substituents is 1. The van der Waals surface area contributed by atoms with E-state index in [9.17, 15) is 15.0 Å². The van der Waals surface area contributed by atoms with E-state index in [2.05, 4.69) is 53.9 Å². The highest BCUT2D eigenvalue weighted by molar-refractivity contribution is 5.75. The lowest BCUT2D eigenvalue weighted by Gasteiger charge is -2.14. The summed E-state index contributed by atoms with van der Waals surface area (Å²) in [5.74, 6) is 0.881. The van der Waals surface area contributed by atoms with Crippen LogP contribution < -0.4 is 16.0 Å². The van der Waals surface area contributed by atoms with E-state index < -0.39 is 6.10 Å². The van der Waals surface area contributed by atoms with Crippen molar-refractivity contribution in [1.82, 2.24) is 5.32 Å². The zero-order valence-corrected chi connectivity index (χ0v) is 23.8. The van der Waals surface area contributed by atoms with Crippen molar-refractivity contribution in [2.75, 3.05) is 30.3 Å². The minimum atomic E-state index is -0.732. The van der Waals surface area contributed by atoms with Crippen molar-refractivity contribution in [3.8, 4) is 5.75 Å². The highest BCUT2D eigenvalue weighted by atomic mass is 16.5. The number of hydrogen-bond donors (Lipinski definition) is 5. The van der Waals surface area contributed by atoms with Crippen LogP contribution in [-0.4, -0.2) is 36.3 Å². The molecule has 1 amide bonds. The molecule has 7 nitrogen and oxygen atoms in total. The Balaban J connectivity index is 0.000000520. The van der Waals surface area contributed by atoms with E-state index in [1.54, 1.807) is 24.3 Å². The summed E-state index contributed by atoms with van der Waals surface area (Å²) >= 11 is 0. The summed E-state index contributed by atoms with van der Waals surface area (Å²) < 4.78 is 5.22. The Labute approximate surface area is 239 Å². The lowest BCUT2D eigenvalue weighted by Crippen LogP contribution is -2.23. The van der Waals surface area contributed by atoms with Crippen molar-refractivity contribution in [1.29, 1.82) is 0 Å². The van der Waals surface area contributed by atoms with Crippen molar-refractivity contribution in [2.45, 2.75) is 39.7 Å². The average Bonchev–Trinajstić information content (AvgIpc) is 2.95. The molecule has 0 aliphatic heterocycles. The normalized spacial score (nSPS) is 11.3. The highest BCUT2D eigenvalue weighted by Crippen LogP contribution is 2.26. The predicted molar refractivity (Wildman–Crippen MR) is 166 cm³/mol. The number of benzene rings is 2. The molecule has 0 saturated carbocycles. The Kier molecular flexibility index (Phi) is 17.4. The van der Waals surface area contributed by atoms with Crippen molar-refractivity contribution >= 4 is 17.8 Å². The van der Waals surface area contributed by atoms with E-state index in [1.807, 2.05) is 50.3 Å². The van der Waals surface area contributed by atoms with Gasteiger partial charge in [0.2, 0.25) is 6.41 Å². The molecule has 0 fully saturated rings. The van der Waals surface area contributed by atoms with Gasteiger partial charge in [-0.25, -0.2) is 0 Å². The Hall–Kier alpha value is -4.29. The van der Waals surface area contributed by atoms with Crippen LogP contribution in [0.3, 0.4) is 0 Å². The molecule has 0 spiro atoms. The van der Waals surface area contributed by atoms with Gasteiger partial charge in [-0.2, -0.15) is 0 Å². The van der Waals surface area contributed by atoms with Crippen LogP contribution >= 0.6 is 0 Å². The summed E-state index contributed by atoms with van der Waals surface area (Å²) in [5.41, 5.74) is 7.03. The number of phenols is 1. The van der Waals surface area contributed by atoms with Gasteiger partial charge in [0.05, 0.1) is 24.2 Å². The van der Waals surface area contributed by atoms with Gasteiger partial charge in [0, 0.05) is 17.9 Å². The van der Waals surface area contributed by atoms with Crippen LogP contribution in [0.5, 0.6) is 5.75 Å². The molecule has 0 bridgehead atoms. The first-order valence-corrected chi connectivity index (χ1v) is 13.3. The van der Waals surface area contributed by atoms with Gasteiger partial charge in [0.15, 0.2) is 0 Å². The lowest BCUT2D eigenvalue weighted by molar-refractivity contribution is -0.105. The summed E-state index contributed by atoms with van der Waals surface area (Å²) in [7, 11) is 0. The molecular weight excluding hydrogens is 502 g/mol. The third-order valence-corrected chi connectivity index (χ3v) is 5.47. The first-order chi connectivity index (χ1) is 19.3. The topological polar surface area (TPSA) is 103 Å². The number of aromatic hydroxyl groups is 1. The summed E-state index contributed by atoms with van der Waals surface area (Å²) in [4.78, 5) is 10.5. The van der Waals surface area contributed by atoms with E-state index in [1.165, 1.54) is 11.6 Å². The molecule has 0 aliphatic rings. The van der Waals surface area contributed by atoms with Gasteiger partial charge in [-0.3, -0.25) is 4.79 Å². The number of anilines is 2. The number of hydrogen-bond acceptors (Lipinski definition) is 6. The van der Waals surface area contributed by atoms with Crippen LogP contribution in [0.2, 0.25) is 0 Å². The van der Waals surface area contributed by atoms with Crippen LogP contribution in [0.1, 0.15) is 44.4 Å². The largest absolute Gasteiger partial charge is 0.506 e. The smallest absolute Gasteiger partial charge is 0.211 e. The van der Waals surface area contributed by atoms with Gasteiger partial charge >= 0.3 is 0 Å². The minimum Gasteiger partial charge on any atom is -0.506 e. The molecule has 0 aliphatic carbocycles. The minimum absolute atomic E-state index is 0.0357. The van der Waals surface area contributed by atoms with E-state index in [0.29, 0.717) is 25.1 Å². The van der Waals surface area contributed by atoms with E-state index in [-0.39, 0.29) is 11.4 Å². The number of allylic oxidation sites excluding steroid dienone is 7. The molecule has 0 radical (unpaired) electrons. The van der Waals surface area contributed by atoms with Crippen LogP contribution in [0, 0.1) is 0 Å². The molecule has 2 rings (SSSR count). The van der Waals surface area contributed by atoms with Crippen LogP contribution in [0.15, 0.2) is 109 Å². The lowest BCUT2D eigenvalue weighted by atomic mass is 10.1. The fourth-order valence-corrected chi connectivity index (χ4v) is 3.28. The maximum atomic E-state index is 10.5. The monoisotopic (exact) mass is 545 g/mol. The second-order valence-corrected chi connectivity index (χ2v) is 8.62. The SMILES string of the molecule is C=C(CC)Nc1ccc(CCNCC(O)c2ccc(O)c(NC=O)c2)cc1.C=CC=C=C/C=C/C=C(/C)OCC. The van der Waals surface area contributed by atoms with Crippen molar-refractivity contribution in [3.05, 3.63) is 120 Å². The molecule has 2 aromatic carbocycles. The molecule has 0 aromatic heterocycles. The number of carbonyl (C=O) groups excluding carboxylic acids is 1. The Bertz CT molecular complexity index is 1180. The second kappa shape index (κ2) is 20.6. The maximum Gasteiger partial charge on any atom is 0.211 e. The number of carbonyl (C=O) groups is 1. The zero-order valence-electron chi connectivity index (χ0n) is 23.8. The van der Waals surface area contributed by atoms with Gasteiger partial charge in [-0.15, -0.1) is 5.73 Å². The van der Waals surface area contributed by atoms with Gasteiger partial charge in [0.25, 0.3) is 0 Å².